The highest BCUT2D eigenvalue weighted by Gasteiger charge is 2.18. The molecule has 0 aliphatic heterocycles. The Morgan fingerprint density at radius 2 is 0.893 bits per heavy atom. The zero-order chi connectivity index (χ0) is 40.8. The number of aliphatic hydroxyl groups is 2. The van der Waals surface area contributed by atoms with Crippen LogP contribution < -0.4 is 5.32 Å². The van der Waals surface area contributed by atoms with Crippen LogP contribution in [-0.4, -0.2) is 47.4 Å². The molecule has 6 nitrogen and oxygen atoms in total. The second-order valence-electron chi connectivity index (χ2n) is 16.4. The molecule has 0 spiro atoms. The normalized spacial score (nSPS) is 13.0. The van der Waals surface area contributed by atoms with Crippen molar-refractivity contribution in [3.63, 3.8) is 0 Å². The maximum absolute atomic E-state index is 12.3. The van der Waals surface area contributed by atoms with Crippen LogP contribution in [0.25, 0.3) is 0 Å². The molecular weight excluding hydrogens is 695 g/mol. The summed E-state index contributed by atoms with van der Waals surface area (Å²) in [7, 11) is 0. The molecule has 3 N–H and O–H groups in total. The lowest BCUT2D eigenvalue weighted by atomic mass is 10.0. The second kappa shape index (κ2) is 45.8. The minimum absolute atomic E-state index is 0.0160. The molecule has 0 aliphatic carbocycles. The zero-order valence-electron chi connectivity index (χ0n) is 37.1. The van der Waals surface area contributed by atoms with E-state index in [0.717, 1.165) is 83.5 Å². The zero-order valence-corrected chi connectivity index (χ0v) is 37.1. The van der Waals surface area contributed by atoms with E-state index in [1.807, 2.05) is 6.08 Å². The standard InChI is InChI=1S/C50H93NO5/c1-3-5-7-9-11-13-14-20-24-28-32-36-40-44-50(55)56-45-41-37-33-29-25-22-19-17-15-16-18-21-23-27-31-35-39-43-49(54)51-47(46-52)48(53)42-38-34-30-26-12-10-8-6-4-2/h15,17,22,25,38,42,47-48,52-53H,3-14,16,18-21,23-24,26-37,39-41,43-46H2,1-2H3,(H,51,54)/b17-15-,25-22-,42-38+. The van der Waals surface area contributed by atoms with Crippen LogP contribution in [0.15, 0.2) is 36.5 Å². The first-order chi connectivity index (χ1) is 27.5. The van der Waals surface area contributed by atoms with Crippen LogP contribution in [0, 0.1) is 0 Å². The van der Waals surface area contributed by atoms with Crippen molar-refractivity contribution >= 4 is 11.9 Å². The van der Waals surface area contributed by atoms with E-state index >= 15 is 0 Å². The maximum atomic E-state index is 12.3. The number of amides is 1. The van der Waals surface area contributed by atoms with Gasteiger partial charge in [-0.05, 0) is 70.6 Å². The van der Waals surface area contributed by atoms with E-state index < -0.39 is 12.1 Å². The van der Waals surface area contributed by atoms with Crippen LogP contribution in [0.1, 0.15) is 245 Å². The molecule has 0 aliphatic rings. The lowest BCUT2D eigenvalue weighted by molar-refractivity contribution is -0.143. The molecule has 0 saturated carbocycles. The van der Waals surface area contributed by atoms with Gasteiger partial charge in [0.2, 0.25) is 5.91 Å². The summed E-state index contributed by atoms with van der Waals surface area (Å²) in [6, 6.07) is -0.637. The molecule has 56 heavy (non-hydrogen) atoms. The van der Waals surface area contributed by atoms with E-state index in [4.69, 9.17) is 4.74 Å². The van der Waals surface area contributed by atoms with Gasteiger partial charge in [-0.25, -0.2) is 0 Å². The first-order valence-electron chi connectivity index (χ1n) is 24.3. The Morgan fingerprint density at radius 3 is 1.36 bits per heavy atom. The number of esters is 1. The number of unbranched alkanes of at least 4 members (excludes halogenated alkanes) is 29. The summed E-state index contributed by atoms with van der Waals surface area (Å²) in [5.74, 6) is -0.104. The minimum atomic E-state index is -0.852. The molecule has 1 amide bonds. The molecule has 0 saturated heterocycles. The average molecular weight is 788 g/mol. The van der Waals surface area contributed by atoms with Crippen molar-refractivity contribution in [3.8, 4) is 0 Å². The third-order valence-electron chi connectivity index (χ3n) is 10.9. The highest BCUT2D eigenvalue weighted by atomic mass is 16.5. The van der Waals surface area contributed by atoms with Gasteiger partial charge >= 0.3 is 5.97 Å². The molecule has 0 aromatic rings. The summed E-state index contributed by atoms with van der Waals surface area (Å²) in [5.41, 5.74) is 0. The lowest BCUT2D eigenvalue weighted by Gasteiger charge is -2.20. The van der Waals surface area contributed by atoms with E-state index in [-0.39, 0.29) is 18.5 Å². The molecule has 0 aromatic carbocycles. The van der Waals surface area contributed by atoms with Gasteiger partial charge in [0, 0.05) is 12.8 Å². The number of nitrogens with one attached hydrogen (secondary N) is 1. The molecule has 0 aromatic heterocycles. The first kappa shape index (κ1) is 54.1. The topological polar surface area (TPSA) is 95.9 Å². The Kier molecular flexibility index (Phi) is 44.2. The maximum Gasteiger partial charge on any atom is 0.305 e. The Labute approximate surface area is 347 Å². The van der Waals surface area contributed by atoms with E-state index in [1.165, 1.54) is 135 Å². The molecule has 0 bridgehead atoms. The number of hydrogen-bond acceptors (Lipinski definition) is 5. The predicted molar refractivity (Wildman–Crippen MR) is 241 cm³/mol. The largest absolute Gasteiger partial charge is 0.466 e. The van der Waals surface area contributed by atoms with Crippen molar-refractivity contribution in [3.05, 3.63) is 36.5 Å². The molecule has 0 rings (SSSR count). The van der Waals surface area contributed by atoms with Gasteiger partial charge in [-0.1, -0.05) is 198 Å². The fourth-order valence-corrected chi connectivity index (χ4v) is 7.13. The highest BCUT2D eigenvalue weighted by Crippen LogP contribution is 2.14. The lowest BCUT2D eigenvalue weighted by Crippen LogP contribution is -2.45. The molecule has 0 heterocycles. The van der Waals surface area contributed by atoms with Gasteiger partial charge in [0.05, 0.1) is 25.4 Å². The van der Waals surface area contributed by atoms with Crippen LogP contribution in [0.2, 0.25) is 0 Å². The Balaban J connectivity index is 3.51. The number of rotatable bonds is 44. The van der Waals surface area contributed by atoms with Gasteiger partial charge < -0.3 is 20.3 Å². The van der Waals surface area contributed by atoms with Crippen molar-refractivity contribution in [2.45, 2.75) is 257 Å². The van der Waals surface area contributed by atoms with E-state index in [1.54, 1.807) is 6.08 Å². The van der Waals surface area contributed by atoms with Gasteiger partial charge in [-0.15, -0.1) is 0 Å². The first-order valence-corrected chi connectivity index (χ1v) is 24.3. The minimum Gasteiger partial charge on any atom is -0.466 e. The Bertz CT molecular complexity index is 915. The van der Waals surface area contributed by atoms with Crippen molar-refractivity contribution in [2.75, 3.05) is 13.2 Å². The number of carbonyl (C=O) groups is 2. The van der Waals surface area contributed by atoms with Crippen LogP contribution in [0.5, 0.6) is 0 Å². The molecule has 2 unspecified atom stereocenters. The third kappa shape index (κ3) is 41.7. The predicted octanol–water partition coefficient (Wildman–Crippen LogP) is 14.1. The molecule has 6 heteroatoms. The van der Waals surface area contributed by atoms with Crippen LogP contribution in [0.4, 0.5) is 0 Å². The summed E-state index contributed by atoms with van der Waals surface area (Å²) >= 11 is 0. The van der Waals surface area contributed by atoms with Gasteiger partial charge in [0.1, 0.15) is 0 Å². The van der Waals surface area contributed by atoms with E-state index in [9.17, 15) is 19.8 Å². The van der Waals surface area contributed by atoms with Crippen molar-refractivity contribution in [1.29, 1.82) is 0 Å². The fourth-order valence-electron chi connectivity index (χ4n) is 7.13. The van der Waals surface area contributed by atoms with Crippen LogP contribution in [0.3, 0.4) is 0 Å². The molecule has 0 fully saturated rings. The average Bonchev–Trinajstić information content (AvgIpc) is 3.20. The second-order valence-corrected chi connectivity index (χ2v) is 16.4. The third-order valence-corrected chi connectivity index (χ3v) is 10.9. The quantitative estimate of drug-likeness (QED) is 0.0325. The summed E-state index contributed by atoms with van der Waals surface area (Å²) < 4.78 is 5.43. The van der Waals surface area contributed by atoms with Crippen molar-refractivity contribution in [2.24, 2.45) is 0 Å². The van der Waals surface area contributed by atoms with Gasteiger partial charge in [-0.2, -0.15) is 0 Å². The van der Waals surface area contributed by atoms with E-state index in [0.29, 0.717) is 19.4 Å². The monoisotopic (exact) mass is 788 g/mol. The summed E-state index contributed by atoms with van der Waals surface area (Å²) in [6.07, 6.45) is 54.3. The fraction of sp³-hybridized carbons (Fsp3) is 0.840. The summed E-state index contributed by atoms with van der Waals surface area (Å²) in [4.78, 5) is 24.3. The Hall–Kier alpha value is -1.92. The molecule has 328 valence electrons. The number of aliphatic hydroxyl groups excluding tert-OH is 2. The van der Waals surface area contributed by atoms with Crippen LogP contribution in [-0.2, 0) is 14.3 Å². The van der Waals surface area contributed by atoms with Gasteiger partial charge in [0.25, 0.3) is 0 Å². The Morgan fingerprint density at radius 1 is 0.500 bits per heavy atom. The molecule has 0 radical (unpaired) electrons. The number of hydrogen-bond donors (Lipinski definition) is 3. The van der Waals surface area contributed by atoms with Crippen molar-refractivity contribution in [1.82, 2.24) is 5.32 Å². The summed E-state index contributed by atoms with van der Waals surface area (Å²) in [6.45, 7) is 4.82. The number of ether oxygens (including phenoxy) is 1. The van der Waals surface area contributed by atoms with Gasteiger partial charge in [-0.3, -0.25) is 9.59 Å². The van der Waals surface area contributed by atoms with Gasteiger partial charge in [0.15, 0.2) is 0 Å². The number of allylic oxidation sites excluding steroid dienone is 5. The van der Waals surface area contributed by atoms with E-state index in [2.05, 4.69) is 43.5 Å². The molecule has 2 atom stereocenters. The molecular formula is C50H93NO5. The highest BCUT2D eigenvalue weighted by molar-refractivity contribution is 5.76. The number of carbonyl (C=O) groups excluding carboxylic acids is 2. The summed E-state index contributed by atoms with van der Waals surface area (Å²) in [5, 5.41) is 22.9. The smallest absolute Gasteiger partial charge is 0.305 e. The SMILES string of the molecule is CCCCCCCCC/C=C/C(O)C(CO)NC(=O)CCCCCCCCC/C=C\C/C=C\CCCCCOC(=O)CCCCCCCCCCCCCCC. The van der Waals surface area contributed by atoms with Crippen LogP contribution >= 0.6 is 0 Å². The van der Waals surface area contributed by atoms with Crippen molar-refractivity contribution < 1.29 is 24.5 Å².